The van der Waals surface area contributed by atoms with Gasteiger partial charge in [0.25, 0.3) is 5.69 Å². The molecule has 168 valence electrons. The number of carbonyl (C=O) groups is 1. The van der Waals surface area contributed by atoms with Crippen LogP contribution in [0.4, 0.5) is 5.69 Å². The van der Waals surface area contributed by atoms with Crippen LogP contribution < -0.4 is 4.18 Å². The van der Waals surface area contributed by atoms with Crippen LogP contribution in [0.2, 0.25) is 0 Å². The molecule has 1 heterocycles. The Kier molecular flexibility index (Phi) is 7.37. The molecule has 1 aromatic carbocycles. The lowest BCUT2D eigenvalue weighted by atomic mass is 9.90. The molecule has 0 spiro atoms. The van der Waals surface area contributed by atoms with Gasteiger partial charge in [-0.2, -0.15) is 13.5 Å². The molecule has 0 radical (unpaired) electrons. The average molecular weight is 450 g/mol. The van der Waals surface area contributed by atoms with E-state index in [1.165, 1.54) is 29.9 Å². The van der Waals surface area contributed by atoms with E-state index in [-0.39, 0.29) is 28.4 Å². The summed E-state index contributed by atoms with van der Waals surface area (Å²) in [7, 11) is -3.89. The highest BCUT2D eigenvalue weighted by Crippen LogP contribution is 2.35. The maximum atomic E-state index is 13.4. The standard InChI is InChI=1S/C21H27N3O6S/c1-7-11-23-21(30-31(28,29)8-2)17(12-22-23)20(25)16-9-10-18(24(26)27)19(15(16)6)14(5)13(3)4/h9-10,12H,7-8,11H2,1-6H3. The summed E-state index contributed by atoms with van der Waals surface area (Å²) in [6.45, 7) is 10.8. The number of hydrogen-bond acceptors (Lipinski definition) is 7. The predicted octanol–water partition coefficient (Wildman–Crippen LogP) is 4.28. The van der Waals surface area contributed by atoms with E-state index in [9.17, 15) is 23.3 Å². The lowest BCUT2D eigenvalue weighted by molar-refractivity contribution is -0.385. The Balaban J connectivity index is 2.72. The molecule has 0 fully saturated rings. The number of nitrogens with zero attached hydrogens (tertiary/aromatic N) is 3. The van der Waals surface area contributed by atoms with E-state index >= 15 is 0 Å². The molecule has 0 unspecified atom stereocenters. The first-order chi connectivity index (χ1) is 14.4. The summed E-state index contributed by atoms with van der Waals surface area (Å²) in [6, 6.07) is 2.68. The second-order valence-corrected chi connectivity index (χ2v) is 9.22. The van der Waals surface area contributed by atoms with Crippen LogP contribution in [0, 0.1) is 17.0 Å². The number of ketones is 1. The predicted molar refractivity (Wildman–Crippen MR) is 118 cm³/mol. The third-order valence-corrected chi connectivity index (χ3v) is 6.16. The Morgan fingerprint density at radius 2 is 1.84 bits per heavy atom. The SMILES string of the molecule is CCCn1ncc(C(=O)c2ccc([N+](=O)[O-])c(C(C)=C(C)C)c2C)c1OS(=O)(=O)CC. The molecule has 0 aliphatic carbocycles. The second-order valence-electron chi connectivity index (χ2n) is 7.36. The molecule has 9 nitrogen and oxygen atoms in total. The molecule has 31 heavy (non-hydrogen) atoms. The Morgan fingerprint density at radius 3 is 2.35 bits per heavy atom. The minimum atomic E-state index is -3.89. The van der Waals surface area contributed by atoms with Crippen LogP contribution in [-0.4, -0.2) is 34.7 Å². The lowest BCUT2D eigenvalue weighted by Crippen LogP contribution is -2.17. The van der Waals surface area contributed by atoms with Gasteiger partial charge in [0, 0.05) is 18.2 Å². The van der Waals surface area contributed by atoms with Crippen LogP contribution in [0.3, 0.4) is 0 Å². The van der Waals surface area contributed by atoms with E-state index in [4.69, 9.17) is 4.18 Å². The number of rotatable bonds is 9. The third kappa shape index (κ3) is 5.01. The third-order valence-electron chi connectivity index (χ3n) is 5.04. The number of hydrogen-bond donors (Lipinski definition) is 0. The van der Waals surface area contributed by atoms with Crippen molar-refractivity contribution < 1.29 is 22.3 Å². The molecular weight excluding hydrogens is 422 g/mol. The molecule has 0 aliphatic heterocycles. The number of allylic oxidation sites excluding steroid dienone is 2. The van der Waals surface area contributed by atoms with Crippen LogP contribution in [-0.2, 0) is 16.7 Å². The summed E-state index contributed by atoms with van der Waals surface area (Å²) in [5.41, 5.74) is 2.50. The van der Waals surface area contributed by atoms with Crippen LogP contribution in [0.5, 0.6) is 5.88 Å². The highest BCUT2D eigenvalue weighted by Gasteiger charge is 2.28. The van der Waals surface area contributed by atoms with Gasteiger partial charge in [-0.3, -0.25) is 14.9 Å². The summed E-state index contributed by atoms with van der Waals surface area (Å²) in [5, 5.41) is 15.7. The Bertz CT molecular complexity index is 1160. The fourth-order valence-electron chi connectivity index (χ4n) is 3.13. The van der Waals surface area contributed by atoms with Gasteiger partial charge in [-0.1, -0.05) is 12.5 Å². The molecule has 0 aliphatic rings. The highest BCUT2D eigenvalue weighted by atomic mass is 32.2. The van der Waals surface area contributed by atoms with Crippen LogP contribution in [0.25, 0.3) is 5.57 Å². The first-order valence-electron chi connectivity index (χ1n) is 9.90. The average Bonchev–Trinajstić information content (AvgIpc) is 3.08. The molecule has 0 saturated heterocycles. The fourth-order valence-corrected chi connectivity index (χ4v) is 3.67. The van der Waals surface area contributed by atoms with Crippen molar-refractivity contribution in [2.45, 2.75) is 54.5 Å². The quantitative estimate of drug-likeness (QED) is 0.242. The first-order valence-corrected chi connectivity index (χ1v) is 11.5. The van der Waals surface area contributed by atoms with Crippen molar-refractivity contribution in [3.05, 3.63) is 56.3 Å². The lowest BCUT2D eigenvalue weighted by Gasteiger charge is -2.14. The first kappa shape index (κ1) is 24.3. The largest absolute Gasteiger partial charge is 0.361 e. The van der Waals surface area contributed by atoms with Crippen molar-refractivity contribution in [1.82, 2.24) is 9.78 Å². The van der Waals surface area contributed by atoms with Gasteiger partial charge in [-0.05, 0) is 58.2 Å². The Labute approximate surface area is 182 Å². The van der Waals surface area contributed by atoms with Gasteiger partial charge >= 0.3 is 10.1 Å². The summed E-state index contributed by atoms with van der Waals surface area (Å²) in [6.07, 6.45) is 1.92. The maximum absolute atomic E-state index is 13.4. The summed E-state index contributed by atoms with van der Waals surface area (Å²) < 4.78 is 30.7. The summed E-state index contributed by atoms with van der Waals surface area (Å²) >= 11 is 0. The van der Waals surface area contributed by atoms with Crippen molar-refractivity contribution >= 4 is 27.2 Å². The van der Waals surface area contributed by atoms with Crippen molar-refractivity contribution in [3.8, 4) is 5.88 Å². The summed E-state index contributed by atoms with van der Waals surface area (Å²) in [4.78, 5) is 24.5. The molecule has 2 rings (SSSR count). The van der Waals surface area contributed by atoms with Crippen LogP contribution >= 0.6 is 0 Å². The van der Waals surface area contributed by atoms with Gasteiger partial charge in [0.1, 0.15) is 5.56 Å². The normalized spacial score (nSPS) is 11.3. The van der Waals surface area contributed by atoms with Gasteiger partial charge in [-0.25, -0.2) is 4.68 Å². The Morgan fingerprint density at radius 1 is 1.19 bits per heavy atom. The van der Waals surface area contributed by atoms with E-state index in [2.05, 4.69) is 5.10 Å². The molecule has 0 N–H and O–H groups in total. The monoisotopic (exact) mass is 449 g/mol. The number of aromatic nitrogens is 2. The minimum absolute atomic E-state index is 0.0109. The minimum Gasteiger partial charge on any atom is -0.361 e. The van der Waals surface area contributed by atoms with Crippen molar-refractivity contribution in [2.75, 3.05) is 5.75 Å². The number of benzene rings is 1. The fraction of sp³-hybridized carbons (Fsp3) is 0.429. The molecule has 0 amide bonds. The van der Waals surface area contributed by atoms with Crippen molar-refractivity contribution in [1.29, 1.82) is 0 Å². The summed E-state index contributed by atoms with van der Waals surface area (Å²) in [5.74, 6) is -0.927. The van der Waals surface area contributed by atoms with E-state index in [0.29, 0.717) is 29.7 Å². The highest BCUT2D eigenvalue weighted by molar-refractivity contribution is 7.87. The van der Waals surface area contributed by atoms with E-state index in [1.54, 1.807) is 13.8 Å². The molecule has 1 aromatic heterocycles. The number of nitro benzene ring substituents is 1. The zero-order valence-corrected chi connectivity index (χ0v) is 19.4. The van der Waals surface area contributed by atoms with Crippen molar-refractivity contribution in [3.63, 3.8) is 0 Å². The van der Waals surface area contributed by atoms with Gasteiger partial charge < -0.3 is 4.18 Å². The van der Waals surface area contributed by atoms with E-state index in [1.807, 2.05) is 20.8 Å². The number of aryl methyl sites for hydroxylation is 1. The van der Waals surface area contributed by atoms with Gasteiger partial charge in [0.15, 0.2) is 5.78 Å². The van der Waals surface area contributed by atoms with Gasteiger partial charge in [-0.15, -0.1) is 0 Å². The van der Waals surface area contributed by atoms with Crippen molar-refractivity contribution in [2.24, 2.45) is 0 Å². The maximum Gasteiger partial charge on any atom is 0.310 e. The van der Waals surface area contributed by atoms with Gasteiger partial charge in [0.2, 0.25) is 5.88 Å². The topological polar surface area (TPSA) is 121 Å². The van der Waals surface area contributed by atoms with E-state index in [0.717, 1.165) is 5.57 Å². The zero-order chi connectivity index (χ0) is 23.5. The number of carbonyl (C=O) groups excluding carboxylic acids is 1. The molecule has 0 bridgehead atoms. The van der Waals surface area contributed by atoms with E-state index < -0.39 is 20.8 Å². The molecule has 0 saturated carbocycles. The van der Waals surface area contributed by atoms with Crippen LogP contribution in [0.1, 0.15) is 68.1 Å². The smallest absolute Gasteiger partial charge is 0.310 e. The molecule has 0 atom stereocenters. The van der Waals surface area contributed by atoms with Crippen LogP contribution in [0.15, 0.2) is 23.9 Å². The van der Waals surface area contributed by atoms with Gasteiger partial charge in [0.05, 0.1) is 22.4 Å². The molecule has 10 heteroatoms. The zero-order valence-electron chi connectivity index (χ0n) is 18.6. The Hall–Kier alpha value is -3.01. The molecule has 2 aromatic rings. The number of nitro groups is 1. The molecular formula is C21H27N3O6S. The second kappa shape index (κ2) is 9.42.